The number of hydrogen-bond acceptors (Lipinski definition) is 3. The zero-order valence-corrected chi connectivity index (χ0v) is 19.2. The summed E-state index contributed by atoms with van der Waals surface area (Å²) in [6.07, 6.45) is 19.0. The van der Waals surface area contributed by atoms with E-state index in [-0.39, 0.29) is 6.61 Å². The van der Waals surface area contributed by atoms with Crippen molar-refractivity contribution in [1.82, 2.24) is 5.32 Å². The van der Waals surface area contributed by atoms with E-state index in [1.807, 2.05) is 30.3 Å². The van der Waals surface area contributed by atoms with Crippen LogP contribution in [0.5, 0.6) is 0 Å². The third kappa shape index (κ3) is 16.3. The smallest absolute Gasteiger partial charge is 0.409 e. The second-order valence-corrected chi connectivity index (χ2v) is 8.46. The number of rotatable bonds is 19. The Hall–Kier alpha value is -1.55. The number of nitrogens with one attached hydrogen (secondary N) is 1. The number of aliphatic hydroxyl groups excluding tert-OH is 1. The van der Waals surface area contributed by atoms with Gasteiger partial charge in [0.1, 0.15) is 12.8 Å². The molecule has 0 aliphatic heterocycles. The van der Waals surface area contributed by atoms with E-state index in [9.17, 15) is 9.90 Å². The molecule has 0 spiro atoms. The quantitative estimate of drug-likeness (QED) is 0.180. The van der Waals surface area contributed by atoms with E-state index in [1.165, 1.54) is 83.5 Å². The number of ether oxygens (including phenoxy) is 1. The maximum atomic E-state index is 11.7. The summed E-state index contributed by atoms with van der Waals surface area (Å²) in [5.41, 5.74) is 0.935. The van der Waals surface area contributed by atoms with Gasteiger partial charge in [0, 0.05) is 0 Å². The lowest BCUT2D eigenvalue weighted by molar-refractivity contribution is 0.0890. The summed E-state index contributed by atoms with van der Waals surface area (Å²) in [4.78, 5) is 11.7. The third-order valence-electron chi connectivity index (χ3n) is 5.58. The SMILES string of the molecule is CCCCCCCCCCCCCCCCCC(O)NC(=O)OCc1ccccc1. The Morgan fingerprint density at radius 1 is 0.800 bits per heavy atom. The molecule has 0 saturated heterocycles. The average Bonchev–Trinajstić information content (AvgIpc) is 2.75. The Morgan fingerprint density at radius 3 is 1.77 bits per heavy atom. The minimum absolute atomic E-state index is 0.221. The van der Waals surface area contributed by atoms with Gasteiger partial charge in [-0.2, -0.15) is 0 Å². The molecule has 0 aliphatic carbocycles. The average molecular weight is 420 g/mol. The zero-order valence-electron chi connectivity index (χ0n) is 19.2. The van der Waals surface area contributed by atoms with Crippen LogP contribution >= 0.6 is 0 Å². The number of hydrogen-bond donors (Lipinski definition) is 2. The predicted molar refractivity (Wildman–Crippen MR) is 125 cm³/mol. The Bertz CT molecular complexity index is 506. The largest absolute Gasteiger partial charge is 0.445 e. The molecular formula is C26H45NO3. The van der Waals surface area contributed by atoms with Crippen molar-refractivity contribution in [3.05, 3.63) is 35.9 Å². The van der Waals surface area contributed by atoms with Crippen LogP contribution in [0.25, 0.3) is 0 Å². The standard InChI is InChI=1S/C26H45NO3/c1-2-3-4-5-6-7-8-9-10-11-12-13-14-15-19-22-25(28)27-26(29)30-23-24-20-17-16-18-21-24/h16-18,20-21,25,28H,2-15,19,22-23H2,1H3,(H,27,29). The van der Waals surface area contributed by atoms with Crippen LogP contribution < -0.4 is 5.32 Å². The predicted octanol–water partition coefficient (Wildman–Crippen LogP) is 7.49. The molecule has 4 heteroatoms. The Labute approximate surface area is 184 Å². The van der Waals surface area contributed by atoms with E-state index in [0.29, 0.717) is 6.42 Å². The molecule has 4 nitrogen and oxygen atoms in total. The number of benzene rings is 1. The highest BCUT2D eigenvalue weighted by molar-refractivity contribution is 5.67. The Morgan fingerprint density at radius 2 is 1.27 bits per heavy atom. The van der Waals surface area contributed by atoms with E-state index in [1.54, 1.807) is 0 Å². The van der Waals surface area contributed by atoms with E-state index in [2.05, 4.69) is 12.2 Å². The van der Waals surface area contributed by atoms with Crippen molar-refractivity contribution < 1.29 is 14.6 Å². The number of carbonyl (C=O) groups is 1. The van der Waals surface area contributed by atoms with Gasteiger partial charge in [0.15, 0.2) is 0 Å². The van der Waals surface area contributed by atoms with Gasteiger partial charge in [-0.1, -0.05) is 127 Å². The first-order valence-corrected chi connectivity index (χ1v) is 12.4. The van der Waals surface area contributed by atoms with Crippen LogP contribution in [0.2, 0.25) is 0 Å². The zero-order chi connectivity index (χ0) is 21.7. The van der Waals surface area contributed by atoms with Crippen molar-refractivity contribution in [2.75, 3.05) is 0 Å². The first-order valence-electron chi connectivity index (χ1n) is 12.4. The lowest BCUT2D eigenvalue weighted by Crippen LogP contribution is -2.34. The lowest BCUT2D eigenvalue weighted by atomic mass is 10.0. The number of unbranched alkanes of at least 4 members (excludes halogenated alkanes) is 14. The summed E-state index contributed by atoms with van der Waals surface area (Å²) < 4.78 is 5.12. The van der Waals surface area contributed by atoms with Crippen LogP contribution in [-0.4, -0.2) is 17.4 Å². The van der Waals surface area contributed by atoms with Crippen LogP contribution in [-0.2, 0) is 11.3 Å². The highest BCUT2D eigenvalue weighted by Gasteiger charge is 2.09. The monoisotopic (exact) mass is 419 g/mol. The molecule has 0 radical (unpaired) electrons. The second kappa shape index (κ2) is 19.4. The topological polar surface area (TPSA) is 58.6 Å². The molecule has 1 amide bonds. The highest BCUT2D eigenvalue weighted by atomic mass is 16.6. The first kappa shape index (κ1) is 26.5. The molecule has 2 N–H and O–H groups in total. The molecule has 1 rings (SSSR count). The van der Waals surface area contributed by atoms with E-state index in [0.717, 1.165) is 18.4 Å². The van der Waals surface area contributed by atoms with Gasteiger partial charge < -0.3 is 9.84 Å². The molecule has 0 bridgehead atoms. The molecule has 1 aromatic carbocycles. The summed E-state index contributed by atoms with van der Waals surface area (Å²) in [5.74, 6) is 0. The van der Waals surface area contributed by atoms with Gasteiger partial charge in [0.05, 0.1) is 0 Å². The molecule has 0 saturated carbocycles. The fraction of sp³-hybridized carbons (Fsp3) is 0.731. The molecule has 0 fully saturated rings. The molecule has 1 atom stereocenters. The van der Waals surface area contributed by atoms with Crippen LogP contribution in [0.4, 0.5) is 4.79 Å². The molecular weight excluding hydrogens is 374 g/mol. The van der Waals surface area contributed by atoms with E-state index < -0.39 is 12.3 Å². The molecule has 1 aromatic rings. The highest BCUT2D eigenvalue weighted by Crippen LogP contribution is 2.14. The van der Waals surface area contributed by atoms with Gasteiger partial charge in [-0.05, 0) is 18.4 Å². The van der Waals surface area contributed by atoms with Gasteiger partial charge in [-0.3, -0.25) is 5.32 Å². The van der Waals surface area contributed by atoms with Crippen molar-refractivity contribution in [2.24, 2.45) is 0 Å². The number of alkyl carbamates (subject to hydrolysis) is 1. The lowest BCUT2D eigenvalue weighted by Gasteiger charge is -2.13. The van der Waals surface area contributed by atoms with Crippen molar-refractivity contribution in [2.45, 2.75) is 122 Å². The van der Waals surface area contributed by atoms with Gasteiger partial charge in [-0.25, -0.2) is 4.79 Å². The summed E-state index contributed by atoms with van der Waals surface area (Å²) in [5, 5.41) is 12.4. The molecule has 0 heterocycles. The minimum Gasteiger partial charge on any atom is -0.445 e. The first-order chi connectivity index (χ1) is 14.7. The minimum atomic E-state index is -0.824. The number of carbonyl (C=O) groups excluding carboxylic acids is 1. The second-order valence-electron chi connectivity index (χ2n) is 8.46. The molecule has 1 unspecified atom stereocenters. The van der Waals surface area contributed by atoms with Crippen LogP contribution in [0.15, 0.2) is 30.3 Å². The summed E-state index contributed by atoms with van der Waals surface area (Å²) in [6.45, 7) is 2.49. The number of aliphatic hydroxyl groups is 1. The van der Waals surface area contributed by atoms with Crippen molar-refractivity contribution >= 4 is 6.09 Å². The van der Waals surface area contributed by atoms with Crippen molar-refractivity contribution in [3.8, 4) is 0 Å². The van der Waals surface area contributed by atoms with Gasteiger partial charge in [0.2, 0.25) is 0 Å². The number of amides is 1. The summed E-state index contributed by atoms with van der Waals surface area (Å²) in [7, 11) is 0. The molecule has 172 valence electrons. The maximum absolute atomic E-state index is 11.7. The summed E-state index contributed by atoms with van der Waals surface area (Å²) in [6, 6.07) is 9.53. The normalized spacial score (nSPS) is 11.9. The fourth-order valence-electron chi connectivity index (χ4n) is 3.68. The van der Waals surface area contributed by atoms with Crippen LogP contribution in [0.3, 0.4) is 0 Å². The van der Waals surface area contributed by atoms with Crippen LogP contribution in [0.1, 0.15) is 115 Å². The van der Waals surface area contributed by atoms with Crippen molar-refractivity contribution in [3.63, 3.8) is 0 Å². The maximum Gasteiger partial charge on any atom is 0.409 e. The van der Waals surface area contributed by atoms with E-state index >= 15 is 0 Å². The fourth-order valence-corrected chi connectivity index (χ4v) is 3.68. The van der Waals surface area contributed by atoms with E-state index in [4.69, 9.17) is 4.74 Å². The van der Waals surface area contributed by atoms with Gasteiger partial charge in [-0.15, -0.1) is 0 Å². The molecule has 0 aromatic heterocycles. The summed E-state index contributed by atoms with van der Waals surface area (Å²) >= 11 is 0. The van der Waals surface area contributed by atoms with Gasteiger partial charge >= 0.3 is 6.09 Å². The van der Waals surface area contributed by atoms with Crippen molar-refractivity contribution in [1.29, 1.82) is 0 Å². The van der Waals surface area contributed by atoms with Crippen LogP contribution in [0, 0.1) is 0 Å². The third-order valence-corrected chi connectivity index (χ3v) is 5.58. The molecule has 30 heavy (non-hydrogen) atoms. The molecule has 0 aliphatic rings. The Balaban J connectivity index is 1.82. The van der Waals surface area contributed by atoms with Gasteiger partial charge in [0.25, 0.3) is 0 Å². The Kier molecular flexibility index (Phi) is 17.1.